The van der Waals surface area contributed by atoms with Gasteiger partial charge in [-0.05, 0) is 19.3 Å². The van der Waals surface area contributed by atoms with Crippen LogP contribution < -0.4 is 0 Å². The lowest BCUT2D eigenvalue weighted by Crippen LogP contribution is -2.70. The molecule has 0 heterocycles. The summed E-state index contributed by atoms with van der Waals surface area (Å²) in [6, 6.07) is 0. The van der Waals surface area contributed by atoms with Gasteiger partial charge in [0.1, 0.15) is 0 Å². The Balaban J connectivity index is 5.77. The Morgan fingerprint density at radius 2 is 0.966 bits per heavy atom. The summed E-state index contributed by atoms with van der Waals surface area (Å²) in [4.78, 5) is 0. The lowest BCUT2D eigenvalue weighted by molar-refractivity contribution is -0.425. The van der Waals surface area contributed by atoms with Crippen LogP contribution in [0.25, 0.3) is 0 Å². The lowest BCUT2D eigenvalue weighted by atomic mass is 9.89. The molecule has 0 unspecified atom stereocenters. The van der Waals surface area contributed by atoms with Crippen LogP contribution in [0.1, 0.15) is 39.0 Å². The number of aliphatic hydroxyl groups excluding tert-OH is 1. The van der Waals surface area contributed by atoms with E-state index in [2.05, 4.69) is 4.74 Å². The monoisotopic (exact) mass is 460 g/mol. The van der Waals surface area contributed by atoms with Crippen molar-refractivity contribution in [3.63, 3.8) is 0 Å². The highest BCUT2D eigenvalue weighted by atomic mass is 19.4. The highest BCUT2D eigenvalue weighted by Gasteiger charge is 2.89. The average Bonchev–Trinajstić information content (AvgIpc) is 2.58. The van der Waals surface area contributed by atoms with Crippen LogP contribution in [0.5, 0.6) is 0 Å². The average molecular weight is 460 g/mol. The first kappa shape index (κ1) is 28.1. The van der Waals surface area contributed by atoms with E-state index in [4.69, 9.17) is 5.11 Å². The topological polar surface area (TPSA) is 29.5 Å². The number of hydrogen-bond donors (Lipinski definition) is 1. The van der Waals surface area contributed by atoms with Crippen molar-refractivity contribution in [1.29, 1.82) is 0 Å². The Bertz CT molecular complexity index is 508. The minimum absolute atomic E-state index is 0.00859. The van der Waals surface area contributed by atoms with Gasteiger partial charge in [0.15, 0.2) is 0 Å². The predicted octanol–water partition coefficient (Wildman–Crippen LogP) is 5.78. The first-order chi connectivity index (χ1) is 12.9. The number of alkyl halides is 12. The van der Waals surface area contributed by atoms with E-state index < -0.39 is 74.4 Å². The van der Waals surface area contributed by atoms with Gasteiger partial charge in [0.05, 0.1) is 0 Å². The van der Waals surface area contributed by atoms with Crippen LogP contribution in [-0.2, 0) is 4.74 Å². The molecule has 0 amide bonds. The van der Waals surface area contributed by atoms with Gasteiger partial charge in [-0.25, -0.2) is 0 Å². The van der Waals surface area contributed by atoms with Crippen molar-refractivity contribution in [2.45, 2.75) is 74.6 Å². The van der Waals surface area contributed by atoms with Gasteiger partial charge in [0.2, 0.25) is 0 Å². The Morgan fingerprint density at radius 3 is 1.31 bits per heavy atom. The third-order valence-corrected chi connectivity index (χ3v) is 3.88. The third-order valence-electron chi connectivity index (χ3n) is 3.88. The molecule has 0 aromatic heterocycles. The largest absolute Gasteiger partial charge is 0.396 e. The normalized spacial score (nSPS) is 15.1. The van der Waals surface area contributed by atoms with Crippen molar-refractivity contribution in [2.75, 3.05) is 19.8 Å². The highest BCUT2D eigenvalue weighted by Crippen LogP contribution is 2.61. The molecule has 0 aliphatic heterocycles. The van der Waals surface area contributed by atoms with E-state index in [0.29, 0.717) is 6.42 Å². The van der Waals surface area contributed by atoms with Gasteiger partial charge in [0, 0.05) is 32.7 Å². The number of halogens is 12. The molecule has 14 heteroatoms. The van der Waals surface area contributed by atoms with E-state index in [0.717, 1.165) is 0 Å². The molecule has 0 rings (SSSR count). The third kappa shape index (κ3) is 5.23. The molecule has 0 bridgehead atoms. The first-order valence-electron chi connectivity index (χ1n) is 8.33. The van der Waals surface area contributed by atoms with Crippen molar-refractivity contribution in [3.8, 4) is 0 Å². The summed E-state index contributed by atoms with van der Waals surface area (Å²) in [7, 11) is 0. The number of rotatable bonds is 14. The maximum atomic E-state index is 13.6. The van der Waals surface area contributed by atoms with Gasteiger partial charge in [-0.15, -0.1) is 0 Å². The summed E-state index contributed by atoms with van der Waals surface area (Å²) in [6.45, 7) is -0.300. The molecule has 0 atom stereocenters. The summed E-state index contributed by atoms with van der Waals surface area (Å²) >= 11 is 0. The second kappa shape index (κ2) is 9.48. The minimum atomic E-state index is -7.55. The van der Waals surface area contributed by atoms with Crippen molar-refractivity contribution >= 4 is 0 Å². The Hall–Kier alpha value is -0.920. The smallest absolute Gasteiger partial charge is 0.384 e. The Labute approximate surface area is 158 Å². The zero-order valence-electron chi connectivity index (χ0n) is 15.0. The predicted molar refractivity (Wildman–Crippen MR) is 76.3 cm³/mol. The zero-order chi connectivity index (χ0) is 23.4. The SMILES string of the molecule is CCCOCCCC(F)(F)C(F)(F)C(F)(F)C(F)(F)C(F)(F)C(F)(F)CCCO. The molecule has 0 aliphatic carbocycles. The molecule has 0 spiro atoms. The van der Waals surface area contributed by atoms with E-state index in [1.165, 1.54) is 0 Å². The second-order valence-electron chi connectivity index (χ2n) is 6.25. The molecule has 1 N–H and O–H groups in total. The van der Waals surface area contributed by atoms with Crippen LogP contribution in [0.3, 0.4) is 0 Å². The molecular weight excluding hydrogens is 440 g/mol. The number of aliphatic hydroxyl groups is 1. The van der Waals surface area contributed by atoms with E-state index in [1.54, 1.807) is 6.92 Å². The Morgan fingerprint density at radius 1 is 0.586 bits per heavy atom. The molecule has 0 radical (unpaired) electrons. The maximum absolute atomic E-state index is 13.6. The summed E-state index contributed by atoms with van der Waals surface area (Å²) in [6.07, 6.45) is -6.33. The fourth-order valence-corrected chi connectivity index (χ4v) is 2.11. The number of ether oxygens (including phenoxy) is 1. The molecule has 2 nitrogen and oxygen atoms in total. The summed E-state index contributed by atoms with van der Waals surface area (Å²) in [5.41, 5.74) is 0. The van der Waals surface area contributed by atoms with E-state index in [-0.39, 0.29) is 6.61 Å². The maximum Gasteiger partial charge on any atom is 0.384 e. The number of hydrogen-bond acceptors (Lipinski definition) is 2. The van der Waals surface area contributed by atoms with Crippen molar-refractivity contribution in [3.05, 3.63) is 0 Å². The molecule has 0 saturated heterocycles. The molecule has 0 aliphatic rings. The van der Waals surface area contributed by atoms with Crippen LogP contribution in [0.4, 0.5) is 52.7 Å². The molecule has 176 valence electrons. The van der Waals surface area contributed by atoms with Crippen LogP contribution in [0, 0.1) is 0 Å². The van der Waals surface area contributed by atoms with Crippen molar-refractivity contribution < 1.29 is 62.5 Å². The standard InChI is InChI=1S/C15H20F12O2/c1-2-8-29-9-4-6-11(18,19)13(22,23)15(26,27)14(24,25)12(20,21)10(16,17)5-3-7-28/h28H,2-9H2,1H3. The fourth-order valence-electron chi connectivity index (χ4n) is 2.11. The van der Waals surface area contributed by atoms with Crippen LogP contribution in [-0.4, -0.2) is 60.5 Å². The van der Waals surface area contributed by atoms with Crippen molar-refractivity contribution in [1.82, 2.24) is 0 Å². The molecule has 0 aromatic carbocycles. The zero-order valence-corrected chi connectivity index (χ0v) is 15.0. The van der Waals surface area contributed by atoms with Gasteiger partial charge in [0.25, 0.3) is 0 Å². The van der Waals surface area contributed by atoms with Crippen LogP contribution in [0.15, 0.2) is 0 Å². The van der Waals surface area contributed by atoms with Gasteiger partial charge in [-0.2, -0.15) is 52.7 Å². The van der Waals surface area contributed by atoms with E-state index >= 15 is 0 Å². The second-order valence-corrected chi connectivity index (χ2v) is 6.25. The van der Waals surface area contributed by atoms with Crippen molar-refractivity contribution in [2.24, 2.45) is 0 Å². The van der Waals surface area contributed by atoms with Gasteiger partial charge < -0.3 is 9.84 Å². The molecule has 0 fully saturated rings. The first-order valence-corrected chi connectivity index (χ1v) is 8.33. The van der Waals surface area contributed by atoms with Gasteiger partial charge in [-0.3, -0.25) is 0 Å². The highest BCUT2D eigenvalue weighted by molar-refractivity contribution is 5.11. The minimum Gasteiger partial charge on any atom is -0.396 e. The molecule has 29 heavy (non-hydrogen) atoms. The Kier molecular flexibility index (Phi) is 9.18. The lowest BCUT2D eigenvalue weighted by Gasteiger charge is -2.41. The summed E-state index contributed by atoms with van der Waals surface area (Å²) in [5, 5.41) is 8.29. The van der Waals surface area contributed by atoms with E-state index in [1.807, 2.05) is 0 Å². The molecular formula is C15H20F12O2. The van der Waals surface area contributed by atoms with Gasteiger partial charge >= 0.3 is 35.5 Å². The van der Waals surface area contributed by atoms with E-state index in [9.17, 15) is 52.7 Å². The van der Waals surface area contributed by atoms with Crippen LogP contribution in [0.2, 0.25) is 0 Å². The molecule has 0 aromatic rings. The van der Waals surface area contributed by atoms with Gasteiger partial charge in [-0.1, -0.05) is 6.92 Å². The fraction of sp³-hybridized carbons (Fsp3) is 1.00. The summed E-state index contributed by atoms with van der Waals surface area (Å²) < 4.78 is 167. The van der Waals surface area contributed by atoms with Crippen LogP contribution >= 0.6 is 0 Å². The molecule has 0 saturated carbocycles. The summed E-state index contributed by atoms with van der Waals surface area (Å²) in [5.74, 6) is -41.2. The quantitative estimate of drug-likeness (QED) is 0.263.